The second-order valence-corrected chi connectivity index (χ2v) is 4.21. The van der Waals surface area contributed by atoms with Crippen LogP contribution in [-0.2, 0) is 14.3 Å². The summed E-state index contributed by atoms with van der Waals surface area (Å²) < 4.78 is 4.36. The molecule has 0 spiro atoms. The van der Waals surface area contributed by atoms with Crippen LogP contribution < -0.4 is 10.6 Å². The van der Waals surface area contributed by atoms with Gasteiger partial charge < -0.3 is 20.5 Å². The van der Waals surface area contributed by atoms with Gasteiger partial charge in [-0.1, -0.05) is 11.6 Å². The SMILES string of the molecule is COC(=O)C[C@H](NC(=O)Nc1ccc(Cl)cc1)C(=O)O. The highest BCUT2D eigenvalue weighted by atomic mass is 35.5. The summed E-state index contributed by atoms with van der Waals surface area (Å²) in [5.74, 6) is -2.06. The van der Waals surface area contributed by atoms with Crippen LogP contribution in [0.1, 0.15) is 6.42 Å². The van der Waals surface area contributed by atoms with Crippen LogP contribution in [0.3, 0.4) is 0 Å². The number of halogens is 1. The Morgan fingerprint density at radius 2 is 1.90 bits per heavy atom. The molecule has 0 aliphatic carbocycles. The van der Waals surface area contributed by atoms with Gasteiger partial charge in [0.1, 0.15) is 6.04 Å². The molecular weight excluding hydrogens is 288 g/mol. The standard InChI is InChI=1S/C12H13ClN2O5/c1-20-10(16)6-9(11(17)18)15-12(19)14-8-4-2-7(13)3-5-8/h2-5,9H,6H2,1H3,(H,17,18)(H2,14,15,19)/t9-/m0/s1. The van der Waals surface area contributed by atoms with E-state index in [-0.39, 0.29) is 0 Å². The Morgan fingerprint density at radius 3 is 2.40 bits per heavy atom. The molecule has 0 aliphatic rings. The molecular formula is C12H13ClN2O5. The van der Waals surface area contributed by atoms with Crippen molar-refractivity contribution < 1.29 is 24.2 Å². The Kier molecular flexibility index (Phi) is 5.79. The van der Waals surface area contributed by atoms with Gasteiger partial charge in [0.05, 0.1) is 13.5 Å². The highest BCUT2D eigenvalue weighted by Crippen LogP contribution is 2.13. The Bertz CT molecular complexity index is 503. The molecule has 0 heterocycles. The summed E-state index contributed by atoms with van der Waals surface area (Å²) in [6.45, 7) is 0. The van der Waals surface area contributed by atoms with E-state index in [0.29, 0.717) is 10.7 Å². The monoisotopic (exact) mass is 300 g/mol. The number of carbonyl (C=O) groups excluding carboxylic acids is 2. The number of methoxy groups -OCH3 is 1. The molecule has 1 rings (SSSR count). The van der Waals surface area contributed by atoms with Gasteiger partial charge in [-0.25, -0.2) is 9.59 Å². The zero-order valence-corrected chi connectivity index (χ0v) is 11.3. The van der Waals surface area contributed by atoms with Crippen molar-refractivity contribution in [2.24, 2.45) is 0 Å². The number of hydrogen-bond donors (Lipinski definition) is 3. The van der Waals surface area contributed by atoms with Gasteiger partial charge >= 0.3 is 18.0 Å². The van der Waals surface area contributed by atoms with E-state index in [9.17, 15) is 14.4 Å². The zero-order chi connectivity index (χ0) is 15.1. The number of esters is 1. The average molecular weight is 301 g/mol. The van der Waals surface area contributed by atoms with Gasteiger partial charge in [0, 0.05) is 10.7 Å². The summed E-state index contributed by atoms with van der Waals surface area (Å²) in [4.78, 5) is 33.6. The Labute approximate surface area is 119 Å². The van der Waals surface area contributed by atoms with E-state index in [4.69, 9.17) is 16.7 Å². The molecule has 2 amide bonds. The van der Waals surface area contributed by atoms with Gasteiger partial charge in [-0.2, -0.15) is 0 Å². The molecule has 0 saturated heterocycles. The van der Waals surface area contributed by atoms with Crippen LogP contribution in [0.2, 0.25) is 5.02 Å². The Hall–Kier alpha value is -2.28. The summed E-state index contributed by atoms with van der Waals surface area (Å²) >= 11 is 5.69. The van der Waals surface area contributed by atoms with Crippen LogP contribution in [0, 0.1) is 0 Å². The number of hydrogen-bond acceptors (Lipinski definition) is 4. The third-order valence-corrected chi connectivity index (χ3v) is 2.56. The van der Waals surface area contributed by atoms with E-state index in [1.54, 1.807) is 24.3 Å². The number of nitrogens with one attached hydrogen (secondary N) is 2. The average Bonchev–Trinajstić information content (AvgIpc) is 2.40. The van der Waals surface area contributed by atoms with Crippen molar-refractivity contribution in [1.82, 2.24) is 5.32 Å². The molecule has 1 atom stereocenters. The fraction of sp³-hybridized carbons (Fsp3) is 0.250. The molecule has 8 heteroatoms. The molecule has 7 nitrogen and oxygen atoms in total. The molecule has 1 aromatic carbocycles. The lowest BCUT2D eigenvalue weighted by atomic mass is 10.2. The first-order valence-electron chi connectivity index (χ1n) is 5.55. The molecule has 0 radical (unpaired) electrons. The van der Waals surface area contributed by atoms with Crippen molar-refractivity contribution in [1.29, 1.82) is 0 Å². The zero-order valence-electron chi connectivity index (χ0n) is 10.6. The second kappa shape index (κ2) is 7.34. The van der Waals surface area contributed by atoms with E-state index in [0.717, 1.165) is 7.11 Å². The molecule has 0 unspecified atom stereocenters. The number of carboxylic acids is 1. The first-order valence-corrected chi connectivity index (χ1v) is 5.93. The number of rotatable bonds is 5. The van der Waals surface area contributed by atoms with Crippen LogP contribution in [0.5, 0.6) is 0 Å². The maximum atomic E-state index is 11.6. The molecule has 0 aromatic heterocycles. The van der Waals surface area contributed by atoms with Gasteiger partial charge in [-0.15, -0.1) is 0 Å². The van der Waals surface area contributed by atoms with E-state index in [1.807, 2.05) is 0 Å². The van der Waals surface area contributed by atoms with Crippen LogP contribution >= 0.6 is 11.6 Å². The number of ether oxygens (including phenoxy) is 1. The predicted octanol–water partition coefficient (Wildman–Crippen LogP) is 1.48. The van der Waals surface area contributed by atoms with Gasteiger partial charge in [0.25, 0.3) is 0 Å². The minimum absolute atomic E-state index is 0.439. The fourth-order valence-electron chi connectivity index (χ4n) is 1.31. The minimum Gasteiger partial charge on any atom is -0.480 e. The normalized spacial score (nSPS) is 11.3. The summed E-state index contributed by atoms with van der Waals surface area (Å²) in [6, 6.07) is 4.13. The van der Waals surface area contributed by atoms with Crippen molar-refractivity contribution in [3.05, 3.63) is 29.3 Å². The lowest BCUT2D eigenvalue weighted by Crippen LogP contribution is -2.44. The van der Waals surface area contributed by atoms with E-state index in [1.165, 1.54) is 0 Å². The maximum Gasteiger partial charge on any atom is 0.326 e. The maximum absolute atomic E-state index is 11.6. The van der Waals surface area contributed by atoms with Gasteiger partial charge in [0.2, 0.25) is 0 Å². The molecule has 20 heavy (non-hydrogen) atoms. The molecule has 108 valence electrons. The number of carboxylic acid groups (broad SMARTS) is 1. The number of anilines is 1. The Balaban J connectivity index is 2.60. The van der Waals surface area contributed by atoms with Crippen LogP contribution in [0.25, 0.3) is 0 Å². The highest BCUT2D eigenvalue weighted by Gasteiger charge is 2.23. The third-order valence-electron chi connectivity index (χ3n) is 2.30. The minimum atomic E-state index is -1.37. The molecule has 0 fully saturated rings. The molecule has 0 saturated carbocycles. The lowest BCUT2D eigenvalue weighted by molar-refractivity contribution is -0.147. The van der Waals surface area contributed by atoms with E-state index in [2.05, 4.69) is 15.4 Å². The largest absolute Gasteiger partial charge is 0.480 e. The summed E-state index contributed by atoms with van der Waals surface area (Å²) in [5.41, 5.74) is 0.439. The number of amides is 2. The smallest absolute Gasteiger partial charge is 0.326 e. The van der Waals surface area contributed by atoms with E-state index >= 15 is 0 Å². The van der Waals surface area contributed by atoms with Crippen molar-refractivity contribution in [2.75, 3.05) is 12.4 Å². The molecule has 0 aliphatic heterocycles. The van der Waals surface area contributed by atoms with Crippen molar-refractivity contribution in [3.63, 3.8) is 0 Å². The summed E-state index contributed by atoms with van der Waals surface area (Å²) in [6.07, 6.45) is -0.458. The quantitative estimate of drug-likeness (QED) is 0.714. The number of aliphatic carboxylic acids is 1. The molecule has 1 aromatic rings. The van der Waals surface area contributed by atoms with Gasteiger partial charge in [0.15, 0.2) is 0 Å². The summed E-state index contributed by atoms with van der Waals surface area (Å²) in [7, 11) is 1.13. The number of carbonyl (C=O) groups is 3. The van der Waals surface area contributed by atoms with Crippen LogP contribution in [0.15, 0.2) is 24.3 Å². The van der Waals surface area contributed by atoms with Gasteiger partial charge in [-0.05, 0) is 24.3 Å². The second-order valence-electron chi connectivity index (χ2n) is 3.78. The number of urea groups is 1. The third kappa shape index (κ3) is 5.15. The van der Waals surface area contributed by atoms with Gasteiger partial charge in [-0.3, -0.25) is 4.79 Å². The molecule has 0 bridgehead atoms. The fourth-order valence-corrected chi connectivity index (χ4v) is 1.43. The topological polar surface area (TPSA) is 105 Å². The lowest BCUT2D eigenvalue weighted by Gasteiger charge is -2.14. The Morgan fingerprint density at radius 1 is 1.30 bits per heavy atom. The van der Waals surface area contributed by atoms with E-state index < -0.39 is 30.4 Å². The predicted molar refractivity (Wildman–Crippen MR) is 71.7 cm³/mol. The summed E-state index contributed by atoms with van der Waals surface area (Å²) in [5, 5.41) is 14.0. The highest BCUT2D eigenvalue weighted by molar-refractivity contribution is 6.30. The number of benzene rings is 1. The van der Waals surface area contributed by atoms with Crippen molar-refractivity contribution in [2.45, 2.75) is 12.5 Å². The molecule has 3 N–H and O–H groups in total. The van der Waals surface area contributed by atoms with Crippen LogP contribution in [0.4, 0.5) is 10.5 Å². The van der Waals surface area contributed by atoms with Crippen LogP contribution in [-0.4, -0.2) is 36.2 Å². The first-order chi connectivity index (χ1) is 9.42. The first kappa shape index (κ1) is 15.8. The van der Waals surface area contributed by atoms with Crippen molar-refractivity contribution in [3.8, 4) is 0 Å². The van der Waals surface area contributed by atoms with Crippen molar-refractivity contribution >= 4 is 35.3 Å².